The highest BCUT2D eigenvalue weighted by molar-refractivity contribution is 7.80. The Kier molecular flexibility index (Phi) is 6.33. The number of carbonyl (C=O) groups is 1. The lowest BCUT2D eigenvalue weighted by Gasteiger charge is -2.22. The summed E-state index contributed by atoms with van der Waals surface area (Å²) in [4.78, 5) is 14.0. The van der Waals surface area contributed by atoms with E-state index in [1.165, 1.54) is 18.1 Å². The number of halogens is 1. The van der Waals surface area contributed by atoms with E-state index in [4.69, 9.17) is 22.7 Å². The summed E-state index contributed by atoms with van der Waals surface area (Å²) in [5, 5.41) is 9.64. The van der Waals surface area contributed by atoms with Crippen molar-refractivity contribution in [1.82, 2.24) is 4.90 Å². The van der Waals surface area contributed by atoms with E-state index in [-0.39, 0.29) is 5.56 Å². The maximum absolute atomic E-state index is 12.9. The van der Waals surface area contributed by atoms with Crippen LogP contribution in [-0.2, 0) is 4.74 Å². The van der Waals surface area contributed by atoms with Gasteiger partial charge in [0, 0.05) is 32.7 Å². The second kappa shape index (κ2) is 7.76. The average Bonchev–Trinajstić information content (AvgIpc) is 2.38. The number of hydrogen-bond donors (Lipinski definition) is 2. The predicted octanol–water partition coefficient (Wildman–Crippen LogP) is 1.30. The molecule has 0 aliphatic carbocycles. The number of hydrogen-bond acceptors (Lipinski definition) is 4. The second-order valence-electron chi connectivity index (χ2n) is 4.16. The lowest BCUT2D eigenvalue weighted by Crippen LogP contribution is -2.36. The zero-order chi connectivity index (χ0) is 15.1. The van der Waals surface area contributed by atoms with Crippen molar-refractivity contribution < 1.29 is 19.0 Å². The highest BCUT2D eigenvalue weighted by atomic mass is 32.1. The van der Waals surface area contributed by atoms with Crippen molar-refractivity contribution in [3.63, 3.8) is 0 Å². The molecule has 0 aliphatic heterocycles. The molecule has 3 N–H and O–H groups in total. The maximum Gasteiger partial charge on any atom is 0.257 e. The summed E-state index contributed by atoms with van der Waals surface area (Å²) in [6.07, 6.45) is 0.368. The molecule has 5 nitrogen and oxygen atoms in total. The van der Waals surface area contributed by atoms with Crippen LogP contribution in [0.1, 0.15) is 16.8 Å². The third kappa shape index (κ3) is 4.75. The Hall–Kier alpha value is -1.73. The zero-order valence-corrected chi connectivity index (χ0v) is 12.0. The summed E-state index contributed by atoms with van der Waals surface area (Å²) < 4.78 is 17.9. The molecule has 7 heteroatoms. The van der Waals surface area contributed by atoms with Crippen LogP contribution in [0.2, 0.25) is 0 Å². The van der Waals surface area contributed by atoms with E-state index in [1.807, 2.05) is 0 Å². The van der Waals surface area contributed by atoms with E-state index < -0.39 is 17.5 Å². The average molecular weight is 300 g/mol. The molecule has 0 unspecified atom stereocenters. The molecule has 110 valence electrons. The Bertz CT molecular complexity index is 497. The summed E-state index contributed by atoms with van der Waals surface area (Å²) in [5.74, 6) is -1.42. The molecule has 20 heavy (non-hydrogen) atoms. The van der Waals surface area contributed by atoms with Crippen molar-refractivity contribution in [2.75, 3.05) is 26.8 Å². The number of rotatable bonds is 7. The molecule has 0 bridgehead atoms. The van der Waals surface area contributed by atoms with Crippen LogP contribution in [-0.4, -0.2) is 47.7 Å². The van der Waals surface area contributed by atoms with Gasteiger partial charge in [-0.3, -0.25) is 4.79 Å². The number of nitrogens with two attached hydrogens (primary N) is 1. The van der Waals surface area contributed by atoms with Gasteiger partial charge in [0.2, 0.25) is 0 Å². The summed E-state index contributed by atoms with van der Waals surface area (Å²) in [6, 6.07) is 3.26. The monoisotopic (exact) mass is 300 g/mol. The molecule has 0 fully saturated rings. The number of phenolic OH excluding ortho intramolecular Hbond substituents is 1. The van der Waals surface area contributed by atoms with E-state index in [0.29, 0.717) is 31.1 Å². The molecular weight excluding hydrogens is 283 g/mol. The Morgan fingerprint density at radius 3 is 2.75 bits per heavy atom. The number of phenols is 1. The van der Waals surface area contributed by atoms with Crippen LogP contribution in [0, 0.1) is 5.82 Å². The Labute approximate surface area is 122 Å². The number of methoxy groups -OCH3 is 1. The molecule has 0 aliphatic rings. The van der Waals surface area contributed by atoms with Crippen molar-refractivity contribution in [2.24, 2.45) is 5.73 Å². The van der Waals surface area contributed by atoms with Crippen molar-refractivity contribution in [1.29, 1.82) is 0 Å². The first kappa shape index (κ1) is 16.3. The van der Waals surface area contributed by atoms with E-state index in [1.54, 1.807) is 0 Å². The van der Waals surface area contributed by atoms with Gasteiger partial charge >= 0.3 is 0 Å². The molecule has 0 atom stereocenters. The first-order valence-corrected chi connectivity index (χ1v) is 6.41. The number of amides is 1. The lowest BCUT2D eigenvalue weighted by molar-refractivity contribution is 0.0698. The normalized spacial score (nSPS) is 10.3. The van der Waals surface area contributed by atoms with Gasteiger partial charge < -0.3 is 20.5 Å². The Morgan fingerprint density at radius 1 is 1.50 bits per heavy atom. The fraction of sp³-hybridized carbons (Fsp3) is 0.385. The minimum absolute atomic E-state index is 0.0328. The lowest BCUT2D eigenvalue weighted by atomic mass is 10.1. The summed E-state index contributed by atoms with van der Waals surface area (Å²) >= 11 is 4.78. The topological polar surface area (TPSA) is 75.8 Å². The van der Waals surface area contributed by atoms with Gasteiger partial charge in [-0.05, 0) is 12.1 Å². The van der Waals surface area contributed by atoms with Crippen LogP contribution < -0.4 is 5.73 Å². The number of nitrogens with zero attached hydrogens (tertiary/aromatic N) is 1. The SMILES string of the molecule is COCCN(CCC(N)=S)C(=O)c1ccc(F)cc1O. The van der Waals surface area contributed by atoms with Crippen LogP contribution in [0.3, 0.4) is 0 Å². The van der Waals surface area contributed by atoms with Crippen molar-refractivity contribution in [3.05, 3.63) is 29.6 Å². The predicted molar refractivity (Wildman–Crippen MR) is 77.2 cm³/mol. The van der Waals surface area contributed by atoms with Gasteiger partial charge in [-0.2, -0.15) is 0 Å². The zero-order valence-electron chi connectivity index (χ0n) is 11.1. The smallest absolute Gasteiger partial charge is 0.257 e. The first-order valence-electron chi connectivity index (χ1n) is 6.00. The number of thiocarbonyl (C=S) groups is 1. The second-order valence-corrected chi connectivity index (χ2v) is 4.69. The van der Waals surface area contributed by atoms with Crippen LogP contribution in [0.4, 0.5) is 4.39 Å². The van der Waals surface area contributed by atoms with Crippen LogP contribution in [0.5, 0.6) is 5.75 Å². The molecule has 0 saturated heterocycles. The molecule has 0 spiro atoms. The highest BCUT2D eigenvalue weighted by Gasteiger charge is 2.19. The number of ether oxygens (including phenoxy) is 1. The largest absolute Gasteiger partial charge is 0.507 e. The molecule has 1 aromatic carbocycles. The van der Waals surface area contributed by atoms with Gasteiger partial charge in [-0.15, -0.1) is 0 Å². The minimum atomic E-state index is -0.606. The van der Waals surface area contributed by atoms with Crippen molar-refractivity contribution >= 4 is 23.1 Å². The van der Waals surface area contributed by atoms with Crippen molar-refractivity contribution in [2.45, 2.75) is 6.42 Å². The molecular formula is C13H17FN2O3S. The third-order valence-corrected chi connectivity index (χ3v) is 2.87. The summed E-state index contributed by atoms with van der Waals surface area (Å²) in [5.41, 5.74) is 5.45. The van der Waals surface area contributed by atoms with Crippen LogP contribution >= 0.6 is 12.2 Å². The Balaban J connectivity index is 2.87. The third-order valence-electron chi connectivity index (χ3n) is 2.67. The fourth-order valence-electron chi connectivity index (χ4n) is 1.62. The first-order chi connectivity index (χ1) is 9.45. The number of aromatic hydroxyl groups is 1. The van der Waals surface area contributed by atoms with E-state index >= 15 is 0 Å². The number of benzene rings is 1. The minimum Gasteiger partial charge on any atom is -0.507 e. The van der Waals surface area contributed by atoms with Gasteiger partial charge in [0.05, 0.1) is 17.2 Å². The summed E-state index contributed by atoms with van der Waals surface area (Å²) in [6.45, 7) is 0.980. The quantitative estimate of drug-likeness (QED) is 0.742. The van der Waals surface area contributed by atoms with E-state index in [0.717, 1.165) is 12.1 Å². The van der Waals surface area contributed by atoms with Crippen LogP contribution in [0.25, 0.3) is 0 Å². The molecule has 1 rings (SSSR count). The van der Waals surface area contributed by atoms with Gasteiger partial charge in [-0.1, -0.05) is 12.2 Å². The molecule has 0 saturated carbocycles. The molecule has 0 heterocycles. The van der Waals surface area contributed by atoms with E-state index in [2.05, 4.69) is 0 Å². The fourth-order valence-corrected chi connectivity index (χ4v) is 1.71. The molecule has 0 aromatic heterocycles. The number of carbonyl (C=O) groups excluding carboxylic acids is 1. The molecule has 0 radical (unpaired) electrons. The summed E-state index contributed by atoms with van der Waals surface area (Å²) in [7, 11) is 1.52. The maximum atomic E-state index is 12.9. The van der Waals surface area contributed by atoms with Gasteiger partial charge in [0.1, 0.15) is 11.6 Å². The highest BCUT2D eigenvalue weighted by Crippen LogP contribution is 2.20. The molecule has 1 aromatic rings. The van der Waals surface area contributed by atoms with E-state index in [9.17, 15) is 14.3 Å². The van der Waals surface area contributed by atoms with Gasteiger partial charge in [-0.25, -0.2) is 4.39 Å². The van der Waals surface area contributed by atoms with Crippen molar-refractivity contribution in [3.8, 4) is 5.75 Å². The van der Waals surface area contributed by atoms with Crippen LogP contribution in [0.15, 0.2) is 18.2 Å². The van der Waals surface area contributed by atoms with Gasteiger partial charge in [0.25, 0.3) is 5.91 Å². The standard InChI is InChI=1S/C13H17FN2O3S/c1-19-7-6-16(5-4-12(15)20)13(18)10-3-2-9(14)8-11(10)17/h2-3,8,17H,4-7H2,1H3,(H2,15,20). The van der Waals surface area contributed by atoms with Gasteiger partial charge in [0.15, 0.2) is 0 Å². The molecule has 1 amide bonds. The Morgan fingerprint density at radius 2 is 2.20 bits per heavy atom.